The van der Waals surface area contributed by atoms with Crippen molar-refractivity contribution in [1.82, 2.24) is 0 Å². The van der Waals surface area contributed by atoms with Crippen molar-refractivity contribution in [3.63, 3.8) is 0 Å². The minimum absolute atomic E-state index is 0.0154. The van der Waals surface area contributed by atoms with Crippen molar-refractivity contribution in [3.05, 3.63) is 130 Å². The van der Waals surface area contributed by atoms with Crippen LogP contribution in [0.5, 0.6) is 11.5 Å². The fraction of sp³-hybridized carbons (Fsp3) is 0.462. The molecule has 7 rings (SSSR count). The van der Waals surface area contributed by atoms with E-state index in [0.29, 0.717) is 18.6 Å². The van der Waals surface area contributed by atoms with Crippen LogP contribution in [0.15, 0.2) is 113 Å². The number of carbonyl (C=O) groups excluding carboxylic acids is 4. The summed E-state index contributed by atoms with van der Waals surface area (Å²) in [4.78, 5) is 57.0. The molecule has 9 nitrogen and oxygen atoms in total. The number of ether oxygens (including phenoxy) is 5. The molecule has 3 heterocycles. The lowest BCUT2D eigenvalue weighted by Gasteiger charge is -2.70. The molecule has 3 aromatic carbocycles. The van der Waals surface area contributed by atoms with Gasteiger partial charge in [0.25, 0.3) is 0 Å². The summed E-state index contributed by atoms with van der Waals surface area (Å²) < 4.78 is 33.0. The molecule has 1 aliphatic carbocycles. The van der Waals surface area contributed by atoms with Crippen LogP contribution >= 0.6 is 0 Å². The van der Waals surface area contributed by atoms with E-state index < -0.39 is 46.1 Å². The van der Waals surface area contributed by atoms with E-state index in [2.05, 4.69) is 53.7 Å². The minimum atomic E-state index is -1.42. The van der Waals surface area contributed by atoms with Gasteiger partial charge in [0.2, 0.25) is 11.6 Å². The third kappa shape index (κ3) is 8.14. The highest BCUT2D eigenvalue weighted by atomic mass is 16.7. The van der Waals surface area contributed by atoms with Gasteiger partial charge >= 0.3 is 17.9 Å². The van der Waals surface area contributed by atoms with E-state index in [4.69, 9.17) is 23.7 Å². The summed E-state index contributed by atoms with van der Waals surface area (Å²) in [5.74, 6) is -4.35. The van der Waals surface area contributed by atoms with Gasteiger partial charge in [-0.3, -0.25) is 4.79 Å². The van der Waals surface area contributed by atoms with Crippen LogP contribution in [0.3, 0.4) is 0 Å². The monoisotopic (exact) mass is 828 g/mol. The molecule has 0 unspecified atom stereocenters. The first-order valence-corrected chi connectivity index (χ1v) is 21.6. The summed E-state index contributed by atoms with van der Waals surface area (Å²) in [6.07, 6.45) is 8.71. The molecular formula is C52H60O9. The van der Waals surface area contributed by atoms with E-state index in [1.807, 2.05) is 27.7 Å². The van der Waals surface area contributed by atoms with E-state index in [1.54, 1.807) is 60.7 Å². The highest BCUT2D eigenvalue weighted by Gasteiger charge is 2.77. The molecule has 61 heavy (non-hydrogen) atoms. The lowest BCUT2D eigenvalue weighted by Crippen LogP contribution is -2.74. The molecule has 2 spiro atoms. The Balaban J connectivity index is 1.41. The number of benzene rings is 3. The quantitative estimate of drug-likeness (QED) is 0.0647. The van der Waals surface area contributed by atoms with Gasteiger partial charge in [0.1, 0.15) is 16.9 Å². The Bertz CT molecular complexity index is 2300. The van der Waals surface area contributed by atoms with Crippen molar-refractivity contribution < 1.29 is 42.9 Å². The topological polar surface area (TPSA) is 114 Å². The third-order valence-corrected chi connectivity index (χ3v) is 13.7. The van der Waals surface area contributed by atoms with Crippen LogP contribution in [-0.2, 0) is 19.0 Å². The second-order valence-corrected chi connectivity index (χ2v) is 19.7. The van der Waals surface area contributed by atoms with Gasteiger partial charge in [-0.15, -0.1) is 0 Å². The van der Waals surface area contributed by atoms with Crippen molar-refractivity contribution in [2.24, 2.45) is 28.6 Å². The molecule has 0 N–H and O–H groups in total. The molecule has 5 atom stereocenters. The van der Waals surface area contributed by atoms with E-state index in [9.17, 15) is 14.4 Å². The highest BCUT2D eigenvalue weighted by molar-refractivity contribution is 6.25. The summed E-state index contributed by atoms with van der Waals surface area (Å²) in [6, 6.07) is 21.0. The first kappa shape index (κ1) is 43.8. The number of esters is 3. The summed E-state index contributed by atoms with van der Waals surface area (Å²) in [6.45, 7) is 21.1. The van der Waals surface area contributed by atoms with Crippen LogP contribution in [0, 0.1) is 28.6 Å². The Kier molecular flexibility index (Phi) is 11.6. The van der Waals surface area contributed by atoms with Gasteiger partial charge in [0.15, 0.2) is 11.5 Å². The van der Waals surface area contributed by atoms with E-state index >= 15 is 4.79 Å². The number of Topliss-reactive ketones (excluding diaryl/α,β-unsaturated/α-hetero) is 1. The molecule has 9 heteroatoms. The van der Waals surface area contributed by atoms with E-state index in [-0.39, 0.29) is 56.9 Å². The smallest absolute Gasteiger partial charge is 0.348 e. The van der Waals surface area contributed by atoms with Gasteiger partial charge in [-0.05, 0) is 148 Å². The number of rotatable bonds is 10. The highest BCUT2D eigenvalue weighted by Crippen LogP contribution is 2.72. The predicted molar refractivity (Wildman–Crippen MR) is 233 cm³/mol. The fourth-order valence-electron chi connectivity index (χ4n) is 10.2. The van der Waals surface area contributed by atoms with Crippen LogP contribution in [0.1, 0.15) is 139 Å². The molecule has 1 saturated carbocycles. The van der Waals surface area contributed by atoms with Crippen LogP contribution in [0.25, 0.3) is 0 Å². The Morgan fingerprint density at radius 2 is 1.23 bits per heavy atom. The van der Waals surface area contributed by atoms with Crippen molar-refractivity contribution in [2.45, 2.75) is 125 Å². The summed E-state index contributed by atoms with van der Waals surface area (Å²) >= 11 is 0. The zero-order valence-electron chi connectivity index (χ0n) is 37.3. The van der Waals surface area contributed by atoms with Gasteiger partial charge in [-0.25, -0.2) is 14.4 Å². The zero-order chi connectivity index (χ0) is 44.1. The number of hydrogen-bond donors (Lipinski definition) is 0. The lowest BCUT2D eigenvalue weighted by molar-refractivity contribution is -0.407. The molecule has 0 radical (unpaired) electrons. The van der Waals surface area contributed by atoms with Crippen molar-refractivity contribution in [2.75, 3.05) is 0 Å². The number of allylic oxidation sites excluding steroid dienone is 4. The number of ketones is 1. The Labute approximate surface area is 360 Å². The molecule has 3 fully saturated rings. The molecule has 2 saturated heterocycles. The van der Waals surface area contributed by atoms with E-state index in [1.165, 1.54) is 29.3 Å². The Morgan fingerprint density at radius 3 is 1.80 bits per heavy atom. The maximum atomic E-state index is 15.3. The Hall–Kier alpha value is -5.28. The number of hydrogen-bond acceptors (Lipinski definition) is 9. The normalized spacial score (nSPS) is 26.8. The minimum Gasteiger partial charge on any atom is -0.490 e. The van der Waals surface area contributed by atoms with Crippen molar-refractivity contribution in [3.8, 4) is 11.5 Å². The largest absolute Gasteiger partial charge is 0.490 e. The zero-order valence-corrected chi connectivity index (χ0v) is 37.3. The molecule has 0 aromatic heterocycles. The SMILES string of the molecule is CC(C)=CC[C@H]1C[C@]23C[C@@H](CC=C(C)C)C(C)(C)[C@H]4CCC(C)(C)O[C@]42OC(=O)C(C(=O)c2ccc(OC(=O)c4ccccc4)c(OC(=O)c4ccccc4)c2)=C3OC1(C)C. The van der Waals surface area contributed by atoms with Gasteiger partial charge in [0, 0.05) is 17.4 Å². The summed E-state index contributed by atoms with van der Waals surface area (Å²) in [7, 11) is 0. The average Bonchev–Trinajstić information content (AvgIpc) is 3.19. The molecule has 0 amide bonds. The van der Waals surface area contributed by atoms with Crippen LogP contribution < -0.4 is 9.47 Å². The van der Waals surface area contributed by atoms with Crippen LogP contribution in [0.2, 0.25) is 0 Å². The van der Waals surface area contributed by atoms with Crippen molar-refractivity contribution in [1.29, 1.82) is 0 Å². The van der Waals surface area contributed by atoms with Gasteiger partial charge in [-0.2, -0.15) is 0 Å². The second kappa shape index (κ2) is 16.2. The van der Waals surface area contributed by atoms with E-state index in [0.717, 1.165) is 25.7 Å². The van der Waals surface area contributed by atoms with Gasteiger partial charge in [0.05, 0.1) is 22.1 Å². The molecular weight excluding hydrogens is 769 g/mol. The lowest BCUT2D eigenvalue weighted by atomic mass is 9.44. The molecule has 3 aromatic rings. The first-order chi connectivity index (χ1) is 28.7. The summed E-state index contributed by atoms with van der Waals surface area (Å²) in [5, 5.41) is 0. The average molecular weight is 829 g/mol. The standard InChI is InChI=1S/C52H60O9/c1-32(2)21-24-37-30-51-31-38(25-22-33(3)4)50(9,10)59-44(51)42(47(56)60-52(51)41(49(37,7)8)27-28-48(5,6)61-52)43(53)36-23-26-39(57-45(54)34-17-13-11-14-18-34)40(29-36)58-46(55)35-19-15-12-16-20-35/h11-23,26,29,37-38,41H,24-25,27-28,30-31H2,1-10H3/t37-,38+,41-,51+,52-/m1/s1. The third-order valence-electron chi connectivity index (χ3n) is 13.7. The fourth-order valence-corrected chi connectivity index (χ4v) is 10.2. The molecule has 322 valence electrons. The Morgan fingerprint density at radius 1 is 0.689 bits per heavy atom. The molecule has 3 aliphatic heterocycles. The molecule has 0 bridgehead atoms. The number of carbonyl (C=O) groups is 4. The summed E-state index contributed by atoms with van der Waals surface area (Å²) in [5.41, 5.74) is 0.00328. The van der Waals surface area contributed by atoms with Gasteiger partial charge < -0.3 is 23.7 Å². The van der Waals surface area contributed by atoms with Crippen LogP contribution in [0.4, 0.5) is 0 Å². The van der Waals surface area contributed by atoms with Crippen LogP contribution in [-0.4, -0.2) is 40.7 Å². The first-order valence-electron chi connectivity index (χ1n) is 21.6. The molecule has 4 aliphatic rings. The van der Waals surface area contributed by atoms with Crippen molar-refractivity contribution >= 4 is 23.7 Å². The maximum Gasteiger partial charge on any atom is 0.348 e. The second-order valence-electron chi connectivity index (χ2n) is 19.7. The van der Waals surface area contributed by atoms with Gasteiger partial charge in [-0.1, -0.05) is 73.5 Å². The predicted octanol–water partition coefficient (Wildman–Crippen LogP) is 11.6. The maximum absolute atomic E-state index is 15.3.